The summed E-state index contributed by atoms with van der Waals surface area (Å²) in [5.74, 6) is -3.45. The Morgan fingerprint density at radius 3 is 0.911 bits per heavy atom. The zero-order chi connectivity index (χ0) is 75.6. The number of hydrogen-bond acceptors (Lipinski definition) is 21. The lowest BCUT2D eigenvalue weighted by Gasteiger charge is -2.46. The van der Waals surface area contributed by atoms with Crippen molar-refractivity contribution in [3.8, 4) is 0 Å². The van der Waals surface area contributed by atoms with Gasteiger partial charge in [0.15, 0.2) is 24.6 Å². The zero-order valence-corrected chi connectivity index (χ0v) is 62.5. The number of hydrogen-bond donors (Lipinski definition) is 6. The van der Waals surface area contributed by atoms with Gasteiger partial charge in [-0.3, -0.25) is 0 Å². The molecule has 1 aliphatic rings. The minimum absolute atomic E-state index is 0.0876. The fourth-order valence-electron chi connectivity index (χ4n) is 10.3. The second-order valence-electron chi connectivity index (χ2n) is 30.4. The molecule has 0 bridgehead atoms. The Morgan fingerprint density at radius 1 is 0.366 bits per heavy atom. The molecule has 564 valence electrons. The summed E-state index contributed by atoms with van der Waals surface area (Å²) < 4.78 is 73.1. The first kappa shape index (κ1) is 85.0. The van der Waals surface area contributed by atoms with Crippen LogP contribution in [-0.4, -0.2) is 170 Å². The number of carbonyl (C=O) groups is 9. The van der Waals surface area contributed by atoms with Crippen LogP contribution >= 0.6 is 0 Å². The summed E-state index contributed by atoms with van der Waals surface area (Å²) in [4.78, 5) is 126. The van der Waals surface area contributed by atoms with E-state index in [-0.39, 0.29) is 77.4 Å². The highest BCUT2D eigenvalue weighted by Gasteiger charge is 2.55. The van der Waals surface area contributed by atoms with Crippen molar-refractivity contribution in [3.05, 3.63) is 108 Å². The molecule has 0 saturated carbocycles. The third-order valence-electron chi connectivity index (χ3n) is 14.3. The van der Waals surface area contributed by atoms with Gasteiger partial charge in [-0.15, -0.1) is 0 Å². The molecule has 101 heavy (non-hydrogen) atoms. The lowest BCUT2D eigenvalue weighted by molar-refractivity contribution is -0.307. The van der Waals surface area contributed by atoms with Gasteiger partial charge in [0, 0.05) is 26.7 Å². The Hall–Kier alpha value is -8.43. The van der Waals surface area contributed by atoms with Gasteiger partial charge in [-0.2, -0.15) is 0 Å². The van der Waals surface area contributed by atoms with Crippen molar-refractivity contribution in [2.45, 2.75) is 270 Å². The molecule has 0 unspecified atom stereocenters. The van der Waals surface area contributed by atoms with Gasteiger partial charge < -0.3 is 88.7 Å². The lowest BCUT2D eigenvalue weighted by Crippen LogP contribution is -2.65. The third kappa shape index (κ3) is 32.0. The second-order valence-corrected chi connectivity index (χ2v) is 30.4. The number of alkyl carbamates (subject to hydrolysis) is 6. The molecule has 6 amide bonds. The molecule has 3 aromatic carbocycles. The van der Waals surface area contributed by atoms with E-state index in [0.717, 1.165) is 0 Å². The zero-order valence-electron chi connectivity index (χ0n) is 62.5. The van der Waals surface area contributed by atoms with Crippen molar-refractivity contribution in [2.24, 2.45) is 0 Å². The summed E-state index contributed by atoms with van der Waals surface area (Å²) in [5.41, 5.74) is -5.11. The Balaban J connectivity index is 2.03. The highest BCUT2D eigenvalue weighted by Crippen LogP contribution is 2.42. The molecular weight excluding hydrogens is 1310 g/mol. The molecule has 0 aliphatic carbocycles. The van der Waals surface area contributed by atoms with Gasteiger partial charge >= 0.3 is 54.5 Å². The van der Waals surface area contributed by atoms with Gasteiger partial charge in [-0.25, -0.2) is 43.2 Å². The maximum Gasteiger partial charge on any atom is 0.408 e. The molecule has 1 aliphatic heterocycles. The molecule has 8 atom stereocenters. The number of methoxy groups -OCH3 is 1. The number of benzene rings is 3. The Labute approximate surface area is 595 Å². The lowest BCUT2D eigenvalue weighted by atomic mass is 9.80. The predicted octanol–water partition coefficient (Wildman–Crippen LogP) is 11.9. The number of esters is 3. The third-order valence-corrected chi connectivity index (χ3v) is 14.3. The van der Waals surface area contributed by atoms with Crippen molar-refractivity contribution in [1.82, 2.24) is 31.9 Å². The normalized spacial score (nSPS) is 17.6. The predicted molar refractivity (Wildman–Crippen MR) is 374 cm³/mol. The van der Waals surface area contributed by atoms with Gasteiger partial charge in [-0.1, -0.05) is 91.0 Å². The average Bonchev–Trinajstić information content (AvgIpc) is 0.757. The smallest absolute Gasteiger partial charge is 0.408 e. The molecule has 27 nitrogen and oxygen atoms in total. The second kappa shape index (κ2) is 38.6. The minimum Gasteiger partial charge on any atom is -0.454 e. The van der Waals surface area contributed by atoms with Crippen LogP contribution in [0.25, 0.3) is 0 Å². The minimum atomic E-state index is -2.01. The molecule has 3 aromatic rings. The van der Waals surface area contributed by atoms with Crippen molar-refractivity contribution in [2.75, 3.05) is 33.4 Å². The molecule has 1 fully saturated rings. The van der Waals surface area contributed by atoms with Gasteiger partial charge in [0.2, 0.25) is 0 Å². The number of nitrogens with one attached hydrogen (secondary N) is 6. The van der Waals surface area contributed by atoms with Crippen LogP contribution in [0.3, 0.4) is 0 Å². The molecule has 1 saturated heterocycles. The molecule has 0 radical (unpaired) electrons. The fraction of sp³-hybridized carbons (Fsp3) is 0.635. The topological polar surface area (TPSA) is 337 Å². The maximum absolute atomic E-state index is 15.6. The Bertz CT molecular complexity index is 3020. The Morgan fingerprint density at radius 2 is 0.634 bits per heavy atom. The molecule has 1 heterocycles. The van der Waals surface area contributed by atoms with E-state index in [9.17, 15) is 28.8 Å². The molecule has 27 heteroatoms. The van der Waals surface area contributed by atoms with Crippen LogP contribution in [-0.2, 0) is 76.8 Å². The van der Waals surface area contributed by atoms with Crippen LogP contribution < -0.4 is 31.9 Å². The van der Waals surface area contributed by atoms with E-state index in [1.807, 2.05) is 91.0 Å². The first-order valence-corrected chi connectivity index (χ1v) is 34.5. The summed E-state index contributed by atoms with van der Waals surface area (Å²) >= 11 is 0. The van der Waals surface area contributed by atoms with Crippen LogP contribution in [0.4, 0.5) is 28.8 Å². The van der Waals surface area contributed by atoms with E-state index in [1.54, 1.807) is 125 Å². The van der Waals surface area contributed by atoms with Gasteiger partial charge in [0.1, 0.15) is 63.4 Å². The highest BCUT2D eigenvalue weighted by atomic mass is 16.7. The van der Waals surface area contributed by atoms with E-state index in [1.165, 1.54) is 7.11 Å². The van der Waals surface area contributed by atoms with Crippen LogP contribution in [0.5, 0.6) is 0 Å². The van der Waals surface area contributed by atoms with E-state index < -0.39 is 149 Å². The summed E-state index contributed by atoms with van der Waals surface area (Å²) in [6.45, 7) is 29.8. The maximum atomic E-state index is 15.6. The molecule has 4 rings (SSSR count). The van der Waals surface area contributed by atoms with Crippen molar-refractivity contribution in [3.63, 3.8) is 0 Å². The fourth-order valence-corrected chi connectivity index (χ4v) is 10.3. The molecule has 0 spiro atoms. The van der Waals surface area contributed by atoms with Crippen molar-refractivity contribution >= 4 is 54.5 Å². The van der Waals surface area contributed by atoms with Crippen LogP contribution in [0, 0.1) is 0 Å². The summed E-state index contributed by atoms with van der Waals surface area (Å²) in [6.07, 6.45) is -13.4. The number of ether oxygens (including phenoxy) is 12. The van der Waals surface area contributed by atoms with Crippen molar-refractivity contribution < 1.29 is 100.0 Å². The molecule has 6 N–H and O–H groups in total. The summed E-state index contributed by atoms with van der Waals surface area (Å²) in [5, 5.41) is 15.9. The Kier molecular flexibility index (Phi) is 32.4. The van der Waals surface area contributed by atoms with Gasteiger partial charge in [-0.05, 0) is 199 Å². The first-order chi connectivity index (χ1) is 47.0. The van der Waals surface area contributed by atoms with Gasteiger partial charge in [0.25, 0.3) is 0 Å². The van der Waals surface area contributed by atoms with Crippen molar-refractivity contribution in [1.29, 1.82) is 0 Å². The first-order valence-electron chi connectivity index (χ1n) is 34.5. The quantitative estimate of drug-likeness (QED) is 0.0151. The number of rotatable bonds is 31. The van der Waals surface area contributed by atoms with Gasteiger partial charge in [0.05, 0.1) is 6.61 Å². The van der Waals surface area contributed by atoms with E-state index in [0.29, 0.717) is 16.7 Å². The van der Waals surface area contributed by atoms with E-state index in [4.69, 9.17) is 56.8 Å². The summed E-state index contributed by atoms with van der Waals surface area (Å²) in [7, 11) is 1.22. The number of carbonyl (C=O) groups excluding carboxylic acids is 9. The molecular formula is C74H112N6O21. The highest BCUT2D eigenvalue weighted by molar-refractivity contribution is 5.84. The van der Waals surface area contributed by atoms with E-state index >= 15 is 14.4 Å². The van der Waals surface area contributed by atoms with Crippen LogP contribution in [0.1, 0.15) is 199 Å². The van der Waals surface area contributed by atoms with E-state index in [2.05, 4.69) is 31.9 Å². The molecule has 0 aromatic heterocycles. The monoisotopic (exact) mass is 1420 g/mol. The van der Waals surface area contributed by atoms with Crippen LogP contribution in [0.15, 0.2) is 91.0 Å². The summed E-state index contributed by atoms with van der Waals surface area (Å²) in [6, 6.07) is 23.1. The number of amides is 6. The SMILES string of the molecule is CO[C@H]1O[C@H](COC(c2ccccc2)(c2ccccc2)c2ccccc2)[C@@H](OC(=O)[C@H](CCCCNC(=O)OC(C)(C)C)NC(=O)OC(C)(C)C)[C@H](OC(=O)[C@H](CCCCNC(=O)OC(C)(C)C)NC(=O)OC(C)(C)C)[C@H]1OC(=O)[C@H](CCCCNC(=O)OC(C)(C)C)NC(=O)OC(C)(C)C. The number of unbranched alkanes of at least 4 members (excludes halogenated alkanes) is 3. The van der Waals surface area contributed by atoms with Crippen LogP contribution in [0.2, 0.25) is 0 Å². The largest absolute Gasteiger partial charge is 0.454 e. The average molecular weight is 1420 g/mol. The standard InChI is InChI=1S/C74H112N6O21/c1-68(2,3)96-62(84)75-44-32-29-41-51(78-65(87)99-71(10,11)12)58(81)93-55-54(47-91-74(48-35-23-20-24-36-48,49-37-25-21-26-38-49)50-39-27-22-28-40-50)92-61(90-19)57(95-60(83)53(80-67(89)101-73(16,17)18)43-31-34-46-77-64(86)98-70(7,8)9)56(55)94-59(82)52(79-66(88)100-72(13,14)15)42-30-33-45-76-63(85)97-69(4,5)6/h20-28,35-40,51-57,61H,29-34,41-47H2,1-19H3,(H,75,84)(H,76,85)(H,77,86)(H,78,87)(H,79,88)(H,80,89)/t51-,52-,53-,54+,55+,56-,57+,61-/m0/s1.